The van der Waals surface area contributed by atoms with Crippen LogP contribution in [-0.2, 0) is 23.6 Å². The van der Waals surface area contributed by atoms with E-state index in [4.69, 9.17) is 5.11 Å². The number of rotatable bonds is 5. The summed E-state index contributed by atoms with van der Waals surface area (Å²) in [6.45, 7) is 0.157. The number of hydrogen-bond acceptors (Lipinski definition) is 4. The quantitative estimate of drug-likeness (QED) is 0.870. The summed E-state index contributed by atoms with van der Waals surface area (Å²) >= 11 is 0.887. The van der Waals surface area contributed by atoms with Gasteiger partial charge in [0.1, 0.15) is 4.88 Å². The molecule has 2 heterocycles. The van der Waals surface area contributed by atoms with Crippen molar-refractivity contribution in [1.82, 2.24) is 9.29 Å². The van der Waals surface area contributed by atoms with E-state index in [1.54, 1.807) is 10.6 Å². The predicted octanol–water partition coefficient (Wildman–Crippen LogP) is 1.26. The molecule has 19 heavy (non-hydrogen) atoms. The van der Waals surface area contributed by atoms with Gasteiger partial charge in [-0.15, -0.1) is 11.3 Å². The molecule has 0 amide bonds. The minimum Gasteiger partial charge on any atom is -0.477 e. The second-order valence-electron chi connectivity index (χ2n) is 3.89. The Labute approximate surface area is 114 Å². The molecule has 102 valence electrons. The molecule has 2 N–H and O–H groups in total. The van der Waals surface area contributed by atoms with E-state index in [1.165, 1.54) is 5.38 Å². The van der Waals surface area contributed by atoms with Crippen molar-refractivity contribution in [2.75, 3.05) is 0 Å². The third-order valence-corrected chi connectivity index (χ3v) is 5.04. The smallest absolute Gasteiger partial charge is 0.345 e. The zero-order valence-corrected chi connectivity index (χ0v) is 11.7. The summed E-state index contributed by atoms with van der Waals surface area (Å²) in [5.41, 5.74) is 0.817. The highest BCUT2D eigenvalue weighted by molar-refractivity contribution is 7.89. The first kappa shape index (κ1) is 13.8. The van der Waals surface area contributed by atoms with E-state index < -0.39 is 16.0 Å². The topological polar surface area (TPSA) is 88.4 Å². The maximum Gasteiger partial charge on any atom is 0.345 e. The van der Waals surface area contributed by atoms with E-state index in [-0.39, 0.29) is 16.3 Å². The number of aryl methyl sites for hydroxylation is 1. The molecule has 0 aliphatic heterocycles. The first-order valence-electron chi connectivity index (χ1n) is 5.32. The van der Waals surface area contributed by atoms with Crippen molar-refractivity contribution < 1.29 is 18.3 Å². The fourth-order valence-corrected chi connectivity index (χ4v) is 3.61. The highest BCUT2D eigenvalue weighted by atomic mass is 32.2. The summed E-state index contributed by atoms with van der Waals surface area (Å²) in [6.07, 6.45) is 1.82. The number of nitrogens with one attached hydrogen (secondary N) is 1. The molecule has 0 aromatic carbocycles. The Morgan fingerprint density at radius 2 is 2.26 bits per heavy atom. The van der Waals surface area contributed by atoms with E-state index in [0.717, 1.165) is 23.1 Å². The highest BCUT2D eigenvalue weighted by Crippen LogP contribution is 2.19. The zero-order chi connectivity index (χ0) is 14.0. The number of carboxylic acid groups (broad SMARTS) is 1. The number of hydrogen-bond donors (Lipinski definition) is 2. The lowest BCUT2D eigenvalue weighted by atomic mass is 10.4. The molecule has 8 heteroatoms. The lowest BCUT2D eigenvalue weighted by molar-refractivity contribution is 0.0702. The molecule has 0 fully saturated rings. The van der Waals surface area contributed by atoms with Crippen LogP contribution in [0.4, 0.5) is 0 Å². The fraction of sp³-hybridized carbons (Fsp3) is 0.182. The molecule has 0 saturated carbocycles. The van der Waals surface area contributed by atoms with Gasteiger partial charge in [-0.25, -0.2) is 17.9 Å². The van der Waals surface area contributed by atoms with Gasteiger partial charge in [-0.3, -0.25) is 0 Å². The van der Waals surface area contributed by atoms with Crippen LogP contribution in [0.3, 0.4) is 0 Å². The van der Waals surface area contributed by atoms with Gasteiger partial charge in [0.25, 0.3) is 0 Å². The van der Waals surface area contributed by atoms with Crippen LogP contribution in [-0.4, -0.2) is 24.1 Å². The molecule has 2 rings (SSSR count). The average Bonchev–Trinajstić information content (AvgIpc) is 2.95. The van der Waals surface area contributed by atoms with Crippen molar-refractivity contribution in [3.05, 3.63) is 40.3 Å². The maximum absolute atomic E-state index is 12.0. The maximum atomic E-state index is 12.0. The van der Waals surface area contributed by atoms with Crippen LogP contribution in [0.1, 0.15) is 15.4 Å². The summed E-state index contributed by atoms with van der Waals surface area (Å²) in [4.78, 5) is 10.7. The molecule has 2 aromatic rings. The van der Waals surface area contributed by atoms with Crippen LogP contribution < -0.4 is 4.72 Å². The van der Waals surface area contributed by atoms with Crippen LogP contribution in [0.25, 0.3) is 0 Å². The Balaban J connectivity index is 2.14. The Morgan fingerprint density at radius 1 is 1.53 bits per heavy atom. The standard InChI is InChI=1S/C11H12N2O4S2/c1-13-4-2-3-8(13)6-12-19(16,17)9-5-10(11(14)15)18-7-9/h2-5,7,12H,6H2,1H3,(H,14,15). The van der Waals surface area contributed by atoms with Crippen molar-refractivity contribution >= 4 is 27.3 Å². The number of thiophene rings is 1. The van der Waals surface area contributed by atoms with Gasteiger partial charge in [-0.2, -0.15) is 0 Å². The van der Waals surface area contributed by atoms with E-state index in [0.29, 0.717) is 0 Å². The predicted molar refractivity (Wildman–Crippen MR) is 70.7 cm³/mol. The third-order valence-electron chi connectivity index (χ3n) is 2.59. The summed E-state index contributed by atoms with van der Waals surface area (Å²) in [5, 5.41) is 10.1. The van der Waals surface area contributed by atoms with Crippen LogP contribution in [0.15, 0.2) is 34.7 Å². The fourth-order valence-electron chi connectivity index (χ4n) is 1.50. The monoisotopic (exact) mass is 300 g/mol. The molecule has 0 saturated heterocycles. The number of aromatic nitrogens is 1. The average molecular weight is 300 g/mol. The Morgan fingerprint density at radius 3 is 2.79 bits per heavy atom. The molecular formula is C11H12N2O4S2. The first-order valence-corrected chi connectivity index (χ1v) is 7.68. The molecule has 0 bridgehead atoms. The van der Waals surface area contributed by atoms with Crippen LogP contribution >= 0.6 is 11.3 Å². The Bertz CT molecular complexity index is 700. The molecule has 0 radical (unpaired) electrons. The molecule has 0 aliphatic rings. The summed E-state index contributed by atoms with van der Waals surface area (Å²) in [6, 6.07) is 4.77. The highest BCUT2D eigenvalue weighted by Gasteiger charge is 2.18. The molecular weight excluding hydrogens is 288 g/mol. The normalized spacial score (nSPS) is 11.6. The van der Waals surface area contributed by atoms with Gasteiger partial charge in [-0.05, 0) is 18.2 Å². The minimum absolute atomic E-state index is 0.000702. The van der Waals surface area contributed by atoms with E-state index in [2.05, 4.69) is 4.72 Å². The van der Waals surface area contributed by atoms with Crippen molar-refractivity contribution in [2.24, 2.45) is 7.05 Å². The first-order chi connectivity index (χ1) is 8.90. The van der Waals surface area contributed by atoms with E-state index >= 15 is 0 Å². The van der Waals surface area contributed by atoms with Crippen molar-refractivity contribution in [1.29, 1.82) is 0 Å². The van der Waals surface area contributed by atoms with Gasteiger partial charge >= 0.3 is 5.97 Å². The lowest BCUT2D eigenvalue weighted by Gasteiger charge is -2.06. The molecule has 2 aromatic heterocycles. The van der Waals surface area contributed by atoms with E-state index in [9.17, 15) is 13.2 Å². The molecule has 6 nitrogen and oxygen atoms in total. The lowest BCUT2D eigenvalue weighted by Crippen LogP contribution is -2.23. The number of nitrogens with zero attached hydrogens (tertiary/aromatic N) is 1. The van der Waals surface area contributed by atoms with Crippen LogP contribution in [0.2, 0.25) is 0 Å². The number of carboxylic acids is 1. The van der Waals surface area contributed by atoms with Gasteiger partial charge in [0.15, 0.2) is 0 Å². The zero-order valence-electron chi connectivity index (χ0n) is 10.0. The Kier molecular flexibility index (Phi) is 3.74. The minimum atomic E-state index is -3.68. The van der Waals surface area contributed by atoms with Gasteiger partial charge < -0.3 is 9.67 Å². The van der Waals surface area contributed by atoms with Crippen molar-refractivity contribution in [2.45, 2.75) is 11.4 Å². The van der Waals surface area contributed by atoms with Gasteiger partial charge in [0.05, 0.1) is 11.4 Å². The van der Waals surface area contributed by atoms with Gasteiger partial charge in [0.2, 0.25) is 10.0 Å². The molecule has 0 atom stereocenters. The number of aromatic carboxylic acids is 1. The van der Waals surface area contributed by atoms with Crippen LogP contribution in [0.5, 0.6) is 0 Å². The number of carbonyl (C=O) groups is 1. The molecule has 0 aliphatic carbocycles. The second-order valence-corrected chi connectivity index (χ2v) is 6.56. The Hall–Kier alpha value is -1.64. The number of sulfonamides is 1. The third kappa shape index (κ3) is 3.03. The van der Waals surface area contributed by atoms with Crippen molar-refractivity contribution in [3.63, 3.8) is 0 Å². The largest absolute Gasteiger partial charge is 0.477 e. The van der Waals surface area contributed by atoms with Crippen LogP contribution in [0, 0.1) is 0 Å². The second kappa shape index (κ2) is 5.16. The summed E-state index contributed by atoms with van der Waals surface area (Å²) in [7, 11) is -1.87. The van der Waals surface area contributed by atoms with Gasteiger partial charge in [0, 0.05) is 24.3 Å². The van der Waals surface area contributed by atoms with Gasteiger partial charge in [-0.1, -0.05) is 0 Å². The van der Waals surface area contributed by atoms with E-state index in [1.807, 2.05) is 19.3 Å². The molecule has 0 spiro atoms. The van der Waals surface area contributed by atoms with Crippen molar-refractivity contribution in [3.8, 4) is 0 Å². The SMILES string of the molecule is Cn1cccc1CNS(=O)(=O)c1csc(C(=O)O)c1. The summed E-state index contributed by atoms with van der Waals surface area (Å²) in [5.74, 6) is -1.13. The molecule has 0 unspecified atom stereocenters. The summed E-state index contributed by atoms with van der Waals surface area (Å²) < 4.78 is 28.2.